The monoisotopic (exact) mass is 543 g/mol. The molecule has 2 aliphatic rings. The van der Waals surface area contributed by atoms with Gasteiger partial charge in [0.1, 0.15) is 6.33 Å². The molecule has 0 radical (unpaired) electrons. The van der Waals surface area contributed by atoms with Crippen molar-refractivity contribution in [3.8, 4) is 11.4 Å². The Balaban J connectivity index is 1.28. The minimum absolute atomic E-state index is 0.177. The number of benzene rings is 1. The van der Waals surface area contributed by atoms with Crippen LogP contribution < -0.4 is 10.6 Å². The Morgan fingerprint density at radius 2 is 2.00 bits per heavy atom. The van der Waals surface area contributed by atoms with E-state index in [4.69, 9.17) is 4.74 Å². The lowest BCUT2D eigenvalue weighted by Crippen LogP contribution is -2.48. The molecule has 0 aliphatic carbocycles. The third-order valence-electron chi connectivity index (χ3n) is 7.24. The van der Waals surface area contributed by atoms with Crippen LogP contribution in [0.2, 0.25) is 0 Å². The minimum Gasteiger partial charge on any atom is -0.378 e. The number of aryl methyl sites for hydroxylation is 1. The molecule has 1 atom stereocenters. The molecule has 2 aliphatic heterocycles. The van der Waals surface area contributed by atoms with Crippen molar-refractivity contribution in [3.63, 3.8) is 0 Å². The summed E-state index contributed by atoms with van der Waals surface area (Å²) in [5.41, 5.74) is 3.91. The SMILES string of the molecule is Cn1cc(Nc2ncnc(-c3ccc4c(c3)CN(C3COC3)CC[C@H]4NC(=O)c3cn(C(C)(C)C)nn3)n2)cn1. The number of hydrogen-bond acceptors (Lipinski definition) is 10. The largest absolute Gasteiger partial charge is 0.378 e. The van der Waals surface area contributed by atoms with Crippen molar-refractivity contribution in [1.82, 2.24) is 49.9 Å². The van der Waals surface area contributed by atoms with Gasteiger partial charge in [-0.05, 0) is 44.4 Å². The molecule has 6 rings (SSSR count). The Kier molecular flexibility index (Phi) is 6.76. The fourth-order valence-electron chi connectivity index (χ4n) is 4.90. The highest BCUT2D eigenvalue weighted by molar-refractivity contribution is 5.92. The number of rotatable bonds is 6. The van der Waals surface area contributed by atoms with Gasteiger partial charge in [0.25, 0.3) is 5.91 Å². The maximum atomic E-state index is 13.2. The first kappa shape index (κ1) is 26.0. The van der Waals surface area contributed by atoms with Crippen molar-refractivity contribution in [3.05, 3.63) is 59.9 Å². The average Bonchev–Trinajstić information content (AvgIpc) is 3.51. The molecule has 0 bridgehead atoms. The molecule has 0 saturated carbocycles. The number of aromatic nitrogens is 8. The molecular weight excluding hydrogens is 510 g/mol. The Labute approximate surface area is 232 Å². The molecule has 1 amide bonds. The van der Waals surface area contributed by atoms with E-state index < -0.39 is 0 Å². The van der Waals surface area contributed by atoms with Gasteiger partial charge in [-0.1, -0.05) is 17.3 Å². The lowest BCUT2D eigenvalue weighted by molar-refractivity contribution is -0.0678. The molecule has 13 heteroatoms. The number of carbonyl (C=O) groups excluding carboxylic acids is 1. The topological polar surface area (TPSA) is 141 Å². The van der Waals surface area contributed by atoms with Crippen LogP contribution in [0.5, 0.6) is 0 Å². The molecular formula is C27H33N11O2. The smallest absolute Gasteiger partial charge is 0.273 e. The van der Waals surface area contributed by atoms with Crippen LogP contribution in [0.25, 0.3) is 11.4 Å². The molecule has 5 heterocycles. The number of nitrogens with zero attached hydrogens (tertiary/aromatic N) is 9. The minimum atomic E-state index is -0.259. The maximum absolute atomic E-state index is 13.2. The summed E-state index contributed by atoms with van der Waals surface area (Å²) < 4.78 is 8.90. The van der Waals surface area contributed by atoms with Gasteiger partial charge in [0, 0.05) is 31.9 Å². The molecule has 1 fully saturated rings. The van der Waals surface area contributed by atoms with E-state index in [0.717, 1.165) is 55.1 Å². The van der Waals surface area contributed by atoms with Crippen molar-refractivity contribution >= 4 is 17.5 Å². The van der Waals surface area contributed by atoms with Gasteiger partial charge in [0.05, 0.1) is 48.9 Å². The zero-order valence-corrected chi connectivity index (χ0v) is 23.1. The van der Waals surface area contributed by atoms with Gasteiger partial charge in [-0.3, -0.25) is 14.4 Å². The van der Waals surface area contributed by atoms with Crippen molar-refractivity contribution in [1.29, 1.82) is 0 Å². The van der Waals surface area contributed by atoms with E-state index in [1.54, 1.807) is 21.8 Å². The normalized spacial score (nSPS) is 18.1. The molecule has 1 saturated heterocycles. The van der Waals surface area contributed by atoms with E-state index in [1.165, 1.54) is 6.33 Å². The van der Waals surface area contributed by atoms with Crippen molar-refractivity contribution in [2.45, 2.75) is 51.4 Å². The van der Waals surface area contributed by atoms with E-state index in [2.05, 4.69) is 58.0 Å². The maximum Gasteiger partial charge on any atom is 0.273 e. The van der Waals surface area contributed by atoms with Crippen molar-refractivity contribution < 1.29 is 9.53 Å². The third-order valence-corrected chi connectivity index (χ3v) is 7.24. The Morgan fingerprint density at radius 1 is 1.15 bits per heavy atom. The Hall–Kier alpha value is -4.23. The summed E-state index contributed by atoms with van der Waals surface area (Å²) in [5.74, 6) is 0.764. The number of carbonyl (C=O) groups is 1. The van der Waals surface area contributed by atoms with Crippen LogP contribution in [0.15, 0.2) is 43.1 Å². The molecule has 40 heavy (non-hydrogen) atoms. The molecule has 3 aromatic heterocycles. The van der Waals surface area contributed by atoms with Crippen LogP contribution in [0, 0.1) is 0 Å². The summed E-state index contributed by atoms with van der Waals surface area (Å²) in [6.45, 7) is 9.08. The van der Waals surface area contributed by atoms with Gasteiger partial charge in [0.15, 0.2) is 11.5 Å². The summed E-state index contributed by atoms with van der Waals surface area (Å²) >= 11 is 0. The predicted octanol–water partition coefficient (Wildman–Crippen LogP) is 2.44. The van der Waals surface area contributed by atoms with Crippen molar-refractivity contribution in [2.24, 2.45) is 7.05 Å². The van der Waals surface area contributed by atoms with Crippen LogP contribution in [0.1, 0.15) is 54.8 Å². The lowest BCUT2D eigenvalue weighted by atomic mass is 9.96. The first-order valence-electron chi connectivity index (χ1n) is 13.4. The molecule has 0 unspecified atom stereocenters. The number of anilines is 2. The van der Waals surface area contributed by atoms with Gasteiger partial charge in [-0.15, -0.1) is 5.10 Å². The third kappa shape index (κ3) is 5.42. The van der Waals surface area contributed by atoms with Crippen LogP contribution in [-0.2, 0) is 23.9 Å². The van der Waals surface area contributed by atoms with Gasteiger partial charge < -0.3 is 15.4 Å². The standard InChI is InChI=1S/C27H33N11O2/c1-27(2,3)38-13-23(34-35-38)25(39)32-22-7-8-37(20-14-40-15-20)11-18-9-17(5-6-21(18)22)24-28-16-29-26(33-24)31-19-10-30-36(4)12-19/h5-6,9-10,12-13,16,20,22H,7-8,11,14-15H2,1-4H3,(H,32,39)(H,28,29,31,33)/t22-/m1/s1. The first-order valence-corrected chi connectivity index (χ1v) is 13.4. The quantitative estimate of drug-likeness (QED) is 0.372. The summed E-state index contributed by atoms with van der Waals surface area (Å²) in [4.78, 5) is 29.0. The van der Waals surface area contributed by atoms with Crippen LogP contribution >= 0.6 is 0 Å². The second-order valence-corrected chi connectivity index (χ2v) is 11.3. The lowest BCUT2D eigenvalue weighted by Gasteiger charge is -2.36. The van der Waals surface area contributed by atoms with Gasteiger partial charge in [-0.25, -0.2) is 14.6 Å². The van der Waals surface area contributed by atoms with E-state index in [9.17, 15) is 4.79 Å². The summed E-state index contributed by atoms with van der Waals surface area (Å²) in [5, 5.41) is 18.8. The van der Waals surface area contributed by atoms with E-state index in [1.807, 2.05) is 40.1 Å². The molecule has 208 valence electrons. The Morgan fingerprint density at radius 3 is 2.70 bits per heavy atom. The van der Waals surface area contributed by atoms with Gasteiger partial charge in [0.2, 0.25) is 5.95 Å². The molecule has 2 N–H and O–H groups in total. The highest BCUT2D eigenvalue weighted by Gasteiger charge is 2.32. The van der Waals surface area contributed by atoms with E-state index in [-0.39, 0.29) is 17.5 Å². The Bertz CT molecular complexity index is 1520. The second-order valence-electron chi connectivity index (χ2n) is 11.3. The first-order chi connectivity index (χ1) is 19.2. The highest BCUT2D eigenvalue weighted by atomic mass is 16.5. The second kappa shape index (κ2) is 10.4. The zero-order chi connectivity index (χ0) is 27.9. The molecule has 0 spiro atoms. The fourth-order valence-corrected chi connectivity index (χ4v) is 4.90. The van der Waals surface area contributed by atoms with Crippen molar-refractivity contribution in [2.75, 3.05) is 25.1 Å². The number of hydrogen-bond donors (Lipinski definition) is 2. The molecule has 1 aromatic carbocycles. The summed E-state index contributed by atoms with van der Waals surface area (Å²) in [7, 11) is 1.85. The zero-order valence-electron chi connectivity index (χ0n) is 23.1. The number of amides is 1. The highest BCUT2D eigenvalue weighted by Crippen LogP contribution is 2.32. The van der Waals surface area contributed by atoms with E-state index >= 15 is 0 Å². The average molecular weight is 544 g/mol. The number of ether oxygens (including phenoxy) is 1. The summed E-state index contributed by atoms with van der Waals surface area (Å²) in [6, 6.07) is 6.37. The number of nitrogens with one attached hydrogen (secondary N) is 2. The number of fused-ring (bicyclic) bond motifs is 1. The van der Waals surface area contributed by atoms with E-state index in [0.29, 0.717) is 23.5 Å². The molecule has 13 nitrogen and oxygen atoms in total. The predicted molar refractivity (Wildman–Crippen MR) is 147 cm³/mol. The van der Waals surface area contributed by atoms with Crippen LogP contribution in [0.3, 0.4) is 0 Å². The van der Waals surface area contributed by atoms with Gasteiger partial charge in [-0.2, -0.15) is 10.1 Å². The summed E-state index contributed by atoms with van der Waals surface area (Å²) in [6.07, 6.45) is 7.53. The van der Waals surface area contributed by atoms with Gasteiger partial charge >= 0.3 is 0 Å². The molecule has 4 aromatic rings. The fraction of sp³-hybridized carbons (Fsp3) is 0.444. The van der Waals surface area contributed by atoms with Crippen LogP contribution in [0.4, 0.5) is 11.6 Å². The van der Waals surface area contributed by atoms with Crippen LogP contribution in [-0.4, -0.2) is 76.3 Å².